The van der Waals surface area contributed by atoms with Crippen LogP contribution in [0, 0.1) is 20.8 Å². The number of rotatable bonds is 4. The van der Waals surface area contributed by atoms with E-state index in [9.17, 15) is 0 Å². The Kier molecular flexibility index (Phi) is 4.88. The summed E-state index contributed by atoms with van der Waals surface area (Å²) in [4.78, 5) is 0. The van der Waals surface area contributed by atoms with Crippen molar-refractivity contribution in [1.29, 1.82) is 0 Å². The Morgan fingerprint density at radius 3 is 2.30 bits per heavy atom. The van der Waals surface area contributed by atoms with Crippen molar-refractivity contribution < 1.29 is 0 Å². The van der Waals surface area contributed by atoms with Crippen LogP contribution in [-0.4, -0.2) is 0 Å². The van der Waals surface area contributed by atoms with Crippen molar-refractivity contribution in [2.24, 2.45) is 0 Å². The maximum atomic E-state index is 6.66. The van der Waals surface area contributed by atoms with Gasteiger partial charge in [0.25, 0.3) is 0 Å². The lowest BCUT2D eigenvalue weighted by Crippen LogP contribution is -1.93. The Balaban J connectivity index is 2.53. The van der Waals surface area contributed by atoms with Crippen LogP contribution in [0.15, 0.2) is 30.3 Å². The van der Waals surface area contributed by atoms with Gasteiger partial charge < -0.3 is 0 Å². The first kappa shape index (κ1) is 15.1. The van der Waals surface area contributed by atoms with Crippen molar-refractivity contribution in [2.75, 3.05) is 0 Å². The molecule has 0 aliphatic rings. The molecule has 0 aromatic heterocycles. The molecule has 0 bridgehead atoms. The van der Waals surface area contributed by atoms with E-state index in [1.165, 1.54) is 46.2 Å². The third-order valence-corrected chi connectivity index (χ3v) is 4.21. The number of aryl methyl sites for hydroxylation is 4. The molecule has 0 amide bonds. The second-order valence-electron chi connectivity index (χ2n) is 5.71. The normalized spacial score (nSPS) is 10.8. The fourth-order valence-corrected chi connectivity index (χ4v) is 3.01. The molecule has 2 aromatic rings. The van der Waals surface area contributed by atoms with Gasteiger partial charge >= 0.3 is 0 Å². The molecule has 0 spiro atoms. The van der Waals surface area contributed by atoms with Crippen LogP contribution in [0.25, 0.3) is 11.1 Å². The SMILES string of the molecule is CCCCc1cc(C)cc(-c2ccc(C)cc2C)c1Cl. The van der Waals surface area contributed by atoms with Gasteiger partial charge in [-0.3, -0.25) is 0 Å². The minimum atomic E-state index is 0.927. The molecule has 0 saturated heterocycles. The number of benzene rings is 2. The summed E-state index contributed by atoms with van der Waals surface area (Å²) in [6.07, 6.45) is 3.45. The summed E-state index contributed by atoms with van der Waals surface area (Å²) in [5, 5.41) is 0.927. The van der Waals surface area contributed by atoms with Gasteiger partial charge in [0.05, 0.1) is 5.02 Å². The zero-order chi connectivity index (χ0) is 14.7. The molecule has 2 aromatic carbocycles. The standard InChI is InChI=1S/C19H23Cl/c1-5-6-7-16-11-14(3)12-18(19(16)20)17-9-8-13(2)10-15(17)4/h8-12H,5-7H2,1-4H3. The van der Waals surface area contributed by atoms with E-state index in [-0.39, 0.29) is 0 Å². The third kappa shape index (κ3) is 3.24. The fourth-order valence-electron chi connectivity index (χ4n) is 2.70. The van der Waals surface area contributed by atoms with Crippen LogP contribution >= 0.6 is 11.6 Å². The van der Waals surface area contributed by atoms with E-state index in [0.717, 1.165) is 11.4 Å². The Labute approximate surface area is 127 Å². The Morgan fingerprint density at radius 1 is 0.900 bits per heavy atom. The smallest absolute Gasteiger partial charge is 0.0516 e. The average Bonchev–Trinajstić information content (AvgIpc) is 2.40. The molecule has 0 nitrogen and oxygen atoms in total. The lowest BCUT2D eigenvalue weighted by molar-refractivity contribution is 0.795. The first-order valence-electron chi connectivity index (χ1n) is 7.39. The molecule has 0 N–H and O–H groups in total. The van der Waals surface area contributed by atoms with Gasteiger partial charge in [-0.15, -0.1) is 0 Å². The maximum Gasteiger partial charge on any atom is 0.0516 e. The van der Waals surface area contributed by atoms with Crippen molar-refractivity contribution in [3.8, 4) is 11.1 Å². The van der Waals surface area contributed by atoms with E-state index in [4.69, 9.17) is 11.6 Å². The number of hydrogen-bond donors (Lipinski definition) is 0. The predicted octanol–water partition coefficient (Wildman–Crippen LogP) is 6.27. The number of hydrogen-bond acceptors (Lipinski definition) is 0. The molecule has 0 fully saturated rings. The van der Waals surface area contributed by atoms with Crippen molar-refractivity contribution in [3.63, 3.8) is 0 Å². The topological polar surface area (TPSA) is 0 Å². The monoisotopic (exact) mass is 286 g/mol. The first-order valence-corrected chi connectivity index (χ1v) is 7.77. The third-order valence-electron chi connectivity index (χ3n) is 3.76. The van der Waals surface area contributed by atoms with Crippen LogP contribution in [-0.2, 0) is 6.42 Å². The van der Waals surface area contributed by atoms with Crippen molar-refractivity contribution >= 4 is 11.6 Å². The lowest BCUT2D eigenvalue weighted by atomic mass is 9.94. The van der Waals surface area contributed by atoms with Gasteiger partial charge in [-0.25, -0.2) is 0 Å². The summed E-state index contributed by atoms with van der Waals surface area (Å²) in [5.41, 5.74) is 7.58. The van der Waals surface area contributed by atoms with Gasteiger partial charge in [-0.05, 0) is 56.4 Å². The van der Waals surface area contributed by atoms with Gasteiger partial charge in [0.2, 0.25) is 0 Å². The first-order chi connectivity index (χ1) is 9.52. The molecule has 0 heterocycles. The zero-order valence-electron chi connectivity index (χ0n) is 12.9. The van der Waals surface area contributed by atoms with E-state index >= 15 is 0 Å². The maximum absolute atomic E-state index is 6.66. The molecule has 0 atom stereocenters. The summed E-state index contributed by atoms with van der Waals surface area (Å²) in [5.74, 6) is 0. The van der Waals surface area contributed by atoms with Crippen LogP contribution in [0.1, 0.15) is 42.0 Å². The van der Waals surface area contributed by atoms with Crippen LogP contribution in [0.4, 0.5) is 0 Å². The van der Waals surface area contributed by atoms with Crippen molar-refractivity contribution in [3.05, 3.63) is 57.6 Å². The number of unbranched alkanes of at least 4 members (excludes halogenated alkanes) is 1. The second kappa shape index (κ2) is 6.45. The Bertz CT molecular complexity index is 611. The lowest BCUT2D eigenvalue weighted by Gasteiger charge is -2.14. The van der Waals surface area contributed by atoms with Gasteiger partial charge in [0.15, 0.2) is 0 Å². The van der Waals surface area contributed by atoms with Gasteiger partial charge in [-0.2, -0.15) is 0 Å². The summed E-state index contributed by atoms with van der Waals surface area (Å²) < 4.78 is 0. The van der Waals surface area contributed by atoms with E-state index in [1.807, 2.05) is 0 Å². The molecular weight excluding hydrogens is 264 g/mol. The van der Waals surface area contributed by atoms with Crippen LogP contribution in [0.3, 0.4) is 0 Å². The molecule has 0 unspecified atom stereocenters. The van der Waals surface area contributed by atoms with Crippen LogP contribution < -0.4 is 0 Å². The number of halogens is 1. The largest absolute Gasteiger partial charge is 0.0834 e. The molecule has 0 aliphatic heterocycles. The van der Waals surface area contributed by atoms with Gasteiger partial charge in [0, 0.05) is 5.56 Å². The molecule has 0 aliphatic carbocycles. The van der Waals surface area contributed by atoms with Crippen molar-refractivity contribution in [2.45, 2.75) is 47.0 Å². The molecule has 1 heteroatoms. The summed E-state index contributed by atoms with van der Waals surface area (Å²) in [7, 11) is 0. The summed E-state index contributed by atoms with van der Waals surface area (Å²) >= 11 is 6.66. The van der Waals surface area contributed by atoms with E-state index in [0.29, 0.717) is 0 Å². The zero-order valence-corrected chi connectivity index (χ0v) is 13.6. The highest BCUT2D eigenvalue weighted by atomic mass is 35.5. The summed E-state index contributed by atoms with van der Waals surface area (Å²) in [6, 6.07) is 11.0. The minimum Gasteiger partial charge on any atom is -0.0834 e. The van der Waals surface area contributed by atoms with Crippen LogP contribution in [0.5, 0.6) is 0 Å². The minimum absolute atomic E-state index is 0.927. The van der Waals surface area contributed by atoms with Crippen molar-refractivity contribution in [1.82, 2.24) is 0 Å². The van der Waals surface area contributed by atoms with E-state index in [1.54, 1.807) is 0 Å². The quantitative estimate of drug-likeness (QED) is 0.621. The highest BCUT2D eigenvalue weighted by molar-refractivity contribution is 6.34. The average molecular weight is 287 g/mol. The fraction of sp³-hybridized carbons (Fsp3) is 0.368. The molecule has 20 heavy (non-hydrogen) atoms. The highest BCUT2D eigenvalue weighted by Crippen LogP contribution is 2.35. The molecule has 2 rings (SSSR count). The molecule has 0 radical (unpaired) electrons. The van der Waals surface area contributed by atoms with Gasteiger partial charge in [0.1, 0.15) is 0 Å². The molecule has 106 valence electrons. The Morgan fingerprint density at radius 2 is 1.65 bits per heavy atom. The van der Waals surface area contributed by atoms with Crippen LogP contribution in [0.2, 0.25) is 5.02 Å². The van der Waals surface area contributed by atoms with E-state index < -0.39 is 0 Å². The van der Waals surface area contributed by atoms with Gasteiger partial charge in [-0.1, -0.05) is 60.3 Å². The molecule has 0 saturated carbocycles. The van der Waals surface area contributed by atoms with E-state index in [2.05, 4.69) is 58.0 Å². The predicted molar refractivity (Wildman–Crippen MR) is 89.7 cm³/mol. The second-order valence-corrected chi connectivity index (χ2v) is 6.09. The molecular formula is C19H23Cl. The Hall–Kier alpha value is -1.27. The summed E-state index contributed by atoms with van der Waals surface area (Å²) in [6.45, 7) is 8.65. The highest BCUT2D eigenvalue weighted by Gasteiger charge is 2.11.